The largest absolute Gasteiger partial charge is 0.352 e. The third-order valence-corrected chi connectivity index (χ3v) is 9.79. The molecule has 0 saturated heterocycles. The summed E-state index contributed by atoms with van der Waals surface area (Å²) in [6.07, 6.45) is 5.02. The number of anilines is 1. The van der Waals surface area contributed by atoms with Gasteiger partial charge in [-0.05, 0) is 55.2 Å². The Hall–Kier alpha value is -2.78. The van der Waals surface area contributed by atoms with Crippen molar-refractivity contribution in [1.29, 1.82) is 0 Å². The van der Waals surface area contributed by atoms with E-state index in [-0.39, 0.29) is 30.6 Å². The minimum absolute atomic E-state index is 0.0123. The SMILES string of the molecule is Cc1c(Cl)cccc1N(CC(=O)N(Cc1c(Cl)cccc1Cl)[C@H](Cc1ccccc1)C(=O)NC1CCCC1)S(C)(=O)=O. The molecule has 1 atom stereocenters. The summed E-state index contributed by atoms with van der Waals surface area (Å²) in [6.45, 7) is 1.04. The molecule has 224 valence electrons. The van der Waals surface area contributed by atoms with E-state index in [1.54, 1.807) is 43.3 Å². The molecule has 0 radical (unpaired) electrons. The summed E-state index contributed by atoms with van der Waals surface area (Å²) in [6, 6.07) is 18.3. The Morgan fingerprint density at radius 2 is 1.50 bits per heavy atom. The Balaban J connectivity index is 1.78. The summed E-state index contributed by atoms with van der Waals surface area (Å²) in [7, 11) is -3.92. The Labute approximate surface area is 262 Å². The maximum absolute atomic E-state index is 14.3. The van der Waals surface area contributed by atoms with E-state index < -0.39 is 28.5 Å². The number of nitrogens with zero attached hydrogens (tertiary/aromatic N) is 2. The lowest BCUT2D eigenvalue weighted by Crippen LogP contribution is -2.54. The van der Waals surface area contributed by atoms with Crippen molar-refractivity contribution in [3.8, 4) is 0 Å². The van der Waals surface area contributed by atoms with Crippen molar-refractivity contribution >= 4 is 62.3 Å². The number of carbonyl (C=O) groups excluding carboxylic acids is 2. The molecule has 0 aliphatic heterocycles. The third kappa shape index (κ3) is 7.98. The molecule has 42 heavy (non-hydrogen) atoms. The highest BCUT2D eigenvalue weighted by Gasteiger charge is 2.35. The Morgan fingerprint density at radius 1 is 0.905 bits per heavy atom. The molecule has 0 unspecified atom stereocenters. The Bertz CT molecular complexity index is 1510. The summed E-state index contributed by atoms with van der Waals surface area (Å²) >= 11 is 19.4. The monoisotopic (exact) mass is 649 g/mol. The molecule has 1 N–H and O–H groups in total. The fourth-order valence-electron chi connectivity index (χ4n) is 5.24. The molecule has 1 aliphatic rings. The van der Waals surface area contributed by atoms with Crippen molar-refractivity contribution in [3.63, 3.8) is 0 Å². The second kappa shape index (κ2) is 14.1. The van der Waals surface area contributed by atoms with Crippen molar-refractivity contribution in [2.45, 2.75) is 57.7 Å². The van der Waals surface area contributed by atoms with Gasteiger partial charge in [-0.25, -0.2) is 8.42 Å². The molecule has 11 heteroatoms. The third-order valence-electron chi connectivity index (χ3n) is 7.55. The second-order valence-electron chi connectivity index (χ2n) is 10.6. The minimum Gasteiger partial charge on any atom is -0.352 e. The number of halogens is 3. The molecule has 4 rings (SSSR count). The van der Waals surface area contributed by atoms with E-state index in [0.29, 0.717) is 26.2 Å². The highest BCUT2D eigenvalue weighted by molar-refractivity contribution is 7.92. The van der Waals surface area contributed by atoms with Crippen LogP contribution in [0.25, 0.3) is 0 Å². The van der Waals surface area contributed by atoms with Crippen LogP contribution in [0.2, 0.25) is 15.1 Å². The summed E-state index contributed by atoms with van der Waals surface area (Å²) in [5.74, 6) is -0.898. The van der Waals surface area contributed by atoms with Gasteiger partial charge in [-0.3, -0.25) is 13.9 Å². The first-order valence-corrected chi connectivity index (χ1v) is 16.7. The molecule has 3 aromatic carbocycles. The standard InChI is InChI=1S/C31H34Cl3N3O4S/c1-21-25(32)14-9-17-28(21)37(42(2,40)41)20-30(38)36(19-24-26(33)15-8-16-27(24)34)29(18-22-10-4-3-5-11-22)31(39)35-23-12-6-7-13-23/h3-5,8-11,14-17,23,29H,6-7,12-13,18-20H2,1-2H3,(H,35,39)/t29-/m1/s1. The van der Waals surface area contributed by atoms with Gasteiger partial charge < -0.3 is 10.2 Å². The molecule has 3 aromatic rings. The van der Waals surface area contributed by atoms with Crippen LogP contribution >= 0.6 is 34.8 Å². The van der Waals surface area contributed by atoms with E-state index >= 15 is 0 Å². The summed E-state index contributed by atoms with van der Waals surface area (Å²) < 4.78 is 27.1. The van der Waals surface area contributed by atoms with Crippen LogP contribution in [0, 0.1) is 6.92 Å². The quantitative estimate of drug-likeness (QED) is 0.260. The van der Waals surface area contributed by atoms with Gasteiger partial charge in [0.25, 0.3) is 0 Å². The lowest BCUT2D eigenvalue weighted by Gasteiger charge is -2.34. The number of hydrogen-bond acceptors (Lipinski definition) is 4. The van der Waals surface area contributed by atoms with Crippen LogP contribution in [-0.4, -0.2) is 50.0 Å². The normalized spacial score (nSPS) is 14.4. The topological polar surface area (TPSA) is 86.8 Å². The Kier molecular flexibility index (Phi) is 10.8. The van der Waals surface area contributed by atoms with Crippen LogP contribution in [0.3, 0.4) is 0 Å². The number of amides is 2. The van der Waals surface area contributed by atoms with Gasteiger partial charge in [0, 0.05) is 39.6 Å². The molecular formula is C31H34Cl3N3O4S. The fraction of sp³-hybridized carbons (Fsp3) is 0.355. The van der Waals surface area contributed by atoms with E-state index in [4.69, 9.17) is 34.8 Å². The van der Waals surface area contributed by atoms with Crippen LogP contribution in [-0.2, 0) is 32.6 Å². The van der Waals surface area contributed by atoms with Gasteiger partial charge in [-0.15, -0.1) is 0 Å². The van der Waals surface area contributed by atoms with Gasteiger partial charge in [0.2, 0.25) is 21.8 Å². The van der Waals surface area contributed by atoms with Crippen molar-refractivity contribution in [1.82, 2.24) is 10.2 Å². The van der Waals surface area contributed by atoms with Crippen molar-refractivity contribution in [2.24, 2.45) is 0 Å². The lowest BCUT2D eigenvalue weighted by molar-refractivity contribution is -0.140. The second-order valence-corrected chi connectivity index (χ2v) is 13.7. The zero-order chi connectivity index (χ0) is 30.4. The smallest absolute Gasteiger partial charge is 0.244 e. The lowest BCUT2D eigenvalue weighted by atomic mass is 10.0. The van der Waals surface area contributed by atoms with Crippen molar-refractivity contribution in [2.75, 3.05) is 17.1 Å². The molecule has 0 heterocycles. The predicted octanol–water partition coefficient (Wildman–Crippen LogP) is 6.42. The van der Waals surface area contributed by atoms with Crippen LogP contribution in [0.15, 0.2) is 66.7 Å². The van der Waals surface area contributed by atoms with Gasteiger partial charge in [0.05, 0.1) is 11.9 Å². The van der Waals surface area contributed by atoms with Gasteiger partial charge in [0.15, 0.2) is 0 Å². The highest BCUT2D eigenvalue weighted by Crippen LogP contribution is 2.30. The van der Waals surface area contributed by atoms with E-state index in [9.17, 15) is 18.0 Å². The first kappa shape index (κ1) is 32.1. The number of hydrogen-bond donors (Lipinski definition) is 1. The summed E-state index contributed by atoms with van der Waals surface area (Å²) in [5, 5.41) is 4.17. The van der Waals surface area contributed by atoms with Gasteiger partial charge >= 0.3 is 0 Å². The maximum atomic E-state index is 14.3. The van der Waals surface area contributed by atoms with E-state index in [2.05, 4.69) is 5.32 Å². The molecule has 1 fully saturated rings. The van der Waals surface area contributed by atoms with Crippen LogP contribution in [0.4, 0.5) is 5.69 Å². The van der Waals surface area contributed by atoms with Gasteiger partial charge in [-0.2, -0.15) is 0 Å². The van der Waals surface area contributed by atoms with Crippen molar-refractivity contribution in [3.05, 3.63) is 98.5 Å². The fourth-order valence-corrected chi connectivity index (χ4v) is 6.82. The number of rotatable bonds is 11. The Morgan fingerprint density at radius 3 is 2.12 bits per heavy atom. The number of carbonyl (C=O) groups is 2. The number of nitrogens with one attached hydrogen (secondary N) is 1. The molecule has 1 saturated carbocycles. The average Bonchev–Trinajstić information content (AvgIpc) is 3.45. The van der Waals surface area contributed by atoms with E-state index in [1.165, 1.54) is 4.90 Å². The first-order chi connectivity index (χ1) is 20.0. The summed E-state index contributed by atoms with van der Waals surface area (Å²) in [5.41, 5.74) is 2.10. The molecule has 7 nitrogen and oxygen atoms in total. The van der Waals surface area contributed by atoms with Gasteiger partial charge in [0.1, 0.15) is 12.6 Å². The number of sulfonamides is 1. The average molecular weight is 651 g/mol. The molecule has 0 spiro atoms. The highest BCUT2D eigenvalue weighted by atomic mass is 35.5. The summed E-state index contributed by atoms with van der Waals surface area (Å²) in [4.78, 5) is 29.6. The van der Waals surface area contributed by atoms with Gasteiger partial charge in [-0.1, -0.05) is 90.1 Å². The minimum atomic E-state index is -3.92. The van der Waals surface area contributed by atoms with E-state index in [1.807, 2.05) is 30.3 Å². The van der Waals surface area contributed by atoms with Crippen molar-refractivity contribution < 1.29 is 18.0 Å². The predicted molar refractivity (Wildman–Crippen MR) is 170 cm³/mol. The molecule has 1 aliphatic carbocycles. The van der Waals surface area contributed by atoms with Crippen LogP contribution < -0.4 is 9.62 Å². The maximum Gasteiger partial charge on any atom is 0.244 e. The van der Waals surface area contributed by atoms with Crippen LogP contribution in [0.1, 0.15) is 42.4 Å². The zero-order valence-electron chi connectivity index (χ0n) is 23.5. The molecular weight excluding hydrogens is 617 g/mol. The number of benzene rings is 3. The first-order valence-electron chi connectivity index (χ1n) is 13.7. The van der Waals surface area contributed by atoms with E-state index in [0.717, 1.165) is 41.8 Å². The molecule has 0 aromatic heterocycles. The zero-order valence-corrected chi connectivity index (χ0v) is 26.6. The molecule has 0 bridgehead atoms. The van der Waals surface area contributed by atoms with Crippen LogP contribution in [0.5, 0.6) is 0 Å². The molecule has 2 amide bonds.